The highest BCUT2D eigenvalue weighted by Gasteiger charge is 2.25. The number of nitrogens with one attached hydrogen (secondary N) is 1. The van der Waals surface area contributed by atoms with Crippen LogP contribution in [0.2, 0.25) is 0 Å². The Morgan fingerprint density at radius 1 is 1.59 bits per heavy atom. The number of rotatable bonds is 5. The molecule has 4 nitrogen and oxygen atoms in total. The quantitative estimate of drug-likeness (QED) is 0.787. The van der Waals surface area contributed by atoms with Crippen LogP contribution < -0.4 is 5.32 Å². The van der Waals surface area contributed by atoms with Crippen molar-refractivity contribution in [2.45, 2.75) is 26.3 Å². The zero-order valence-corrected chi connectivity index (χ0v) is 12.5. The van der Waals surface area contributed by atoms with Gasteiger partial charge in [-0.15, -0.1) is 11.3 Å². The molecule has 0 radical (unpaired) electrons. The van der Waals surface area contributed by atoms with Gasteiger partial charge < -0.3 is 10.4 Å². The van der Waals surface area contributed by atoms with Crippen LogP contribution in [0, 0.1) is 8.80 Å². The zero-order chi connectivity index (χ0) is 13.0. The number of amides is 1. The molecule has 2 N–H and O–H groups in total. The first-order chi connectivity index (χ1) is 7.95. The van der Waals surface area contributed by atoms with E-state index in [0.717, 1.165) is 2.88 Å². The molecule has 94 valence electrons. The van der Waals surface area contributed by atoms with Gasteiger partial charge in [-0.2, -0.15) is 0 Å². The molecule has 1 rings (SSSR count). The summed E-state index contributed by atoms with van der Waals surface area (Å²) in [5.74, 6) is -1.40. The number of thiophene rings is 1. The van der Waals surface area contributed by atoms with Crippen LogP contribution in [0.3, 0.4) is 0 Å². The fraction of sp³-hybridized carbons (Fsp3) is 0.455. The highest BCUT2D eigenvalue weighted by atomic mass is 127. The molecule has 0 spiro atoms. The second-order valence-electron chi connectivity index (χ2n) is 3.81. The highest BCUT2D eigenvalue weighted by molar-refractivity contribution is 14.1. The lowest BCUT2D eigenvalue weighted by molar-refractivity contribution is -0.140. The topological polar surface area (TPSA) is 66.4 Å². The highest BCUT2D eigenvalue weighted by Crippen LogP contribution is 2.17. The van der Waals surface area contributed by atoms with Crippen molar-refractivity contribution in [2.75, 3.05) is 0 Å². The van der Waals surface area contributed by atoms with Gasteiger partial charge in [0.1, 0.15) is 6.04 Å². The number of carbonyl (C=O) groups excluding carboxylic acids is 1. The largest absolute Gasteiger partial charge is 0.480 e. The number of aliphatic carboxylic acids is 1. The molecule has 2 atom stereocenters. The van der Waals surface area contributed by atoms with Gasteiger partial charge in [0.15, 0.2) is 0 Å². The number of carbonyl (C=O) groups is 2. The normalized spacial score (nSPS) is 14.1. The van der Waals surface area contributed by atoms with E-state index in [9.17, 15) is 9.59 Å². The average Bonchev–Trinajstić information content (AvgIpc) is 2.71. The van der Waals surface area contributed by atoms with Gasteiger partial charge >= 0.3 is 5.97 Å². The predicted molar refractivity (Wildman–Crippen MR) is 75.4 cm³/mol. The monoisotopic (exact) mass is 367 g/mol. The van der Waals surface area contributed by atoms with Gasteiger partial charge in [-0.05, 0) is 34.6 Å². The fourth-order valence-electron chi connectivity index (χ4n) is 1.34. The minimum Gasteiger partial charge on any atom is -0.480 e. The summed E-state index contributed by atoms with van der Waals surface area (Å²) in [7, 11) is 0. The lowest BCUT2D eigenvalue weighted by Gasteiger charge is -2.19. The molecule has 0 fully saturated rings. The minimum absolute atomic E-state index is 0.0887. The van der Waals surface area contributed by atoms with Crippen LogP contribution in [0.25, 0.3) is 0 Å². The third kappa shape index (κ3) is 3.95. The molecule has 0 aliphatic heterocycles. The van der Waals surface area contributed by atoms with E-state index in [1.807, 2.05) is 13.8 Å². The van der Waals surface area contributed by atoms with Crippen LogP contribution >= 0.6 is 33.9 Å². The summed E-state index contributed by atoms with van der Waals surface area (Å²) in [6.45, 7) is 3.72. The second kappa shape index (κ2) is 6.34. The first kappa shape index (κ1) is 14.4. The predicted octanol–water partition coefficient (Wildman–Crippen LogP) is 2.58. The number of hydrogen-bond acceptors (Lipinski definition) is 3. The Bertz CT molecular complexity index is 419. The minimum atomic E-state index is -0.988. The van der Waals surface area contributed by atoms with Crippen LogP contribution in [0.1, 0.15) is 30.6 Å². The van der Waals surface area contributed by atoms with Crippen LogP contribution in [0.5, 0.6) is 0 Å². The Morgan fingerprint density at radius 2 is 2.24 bits per heavy atom. The summed E-state index contributed by atoms with van der Waals surface area (Å²) < 4.78 is 1.00. The molecule has 1 heterocycles. The summed E-state index contributed by atoms with van der Waals surface area (Å²) in [5, 5.41) is 13.4. The molecule has 0 saturated heterocycles. The van der Waals surface area contributed by atoms with Crippen LogP contribution in [-0.4, -0.2) is 23.0 Å². The maximum atomic E-state index is 11.8. The van der Waals surface area contributed by atoms with Gasteiger partial charge in [0.2, 0.25) is 0 Å². The Labute approximate surface area is 118 Å². The molecule has 0 bridgehead atoms. The number of carboxylic acids is 1. The van der Waals surface area contributed by atoms with Crippen molar-refractivity contribution in [1.82, 2.24) is 5.32 Å². The van der Waals surface area contributed by atoms with E-state index in [0.29, 0.717) is 12.0 Å². The Kier molecular flexibility index (Phi) is 5.38. The third-order valence-electron chi connectivity index (χ3n) is 2.60. The van der Waals surface area contributed by atoms with Crippen molar-refractivity contribution < 1.29 is 14.7 Å². The first-order valence-electron chi connectivity index (χ1n) is 5.23. The van der Waals surface area contributed by atoms with E-state index >= 15 is 0 Å². The Balaban J connectivity index is 2.74. The summed E-state index contributed by atoms with van der Waals surface area (Å²) >= 11 is 3.58. The molecule has 6 heteroatoms. The molecule has 1 amide bonds. The van der Waals surface area contributed by atoms with Crippen LogP contribution in [-0.2, 0) is 4.79 Å². The van der Waals surface area contributed by atoms with E-state index in [2.05, 4.69) is 27.9 Å². The molecule has 17 heavy (non-hydrogen) atoms. The Morgan fingerprint density at radius 3 is 2.65 bits per heavy atom. The summed E-state index contributed by atoms with van der Waals surface area (Å²) in [6.07, 6.45) is 0.707. The number of carboxylic acid groups (broad SMARTS) is 1. The van der Waals surface area contributed by atoms with Gasteiger partial charge in [-0.1, -0.05) is 20.3 Å². The smallest absolute Gasteiger partial charge is 0.326 e. The molecular formula is C11H14INO3S. The van der Waals surface area contributed by atoms with Gasteiger partial charge in [0, 0.05) is 5.38 Å². The summed E-state index contributed by atoms with van der Waals surface area (Å²) in [4.78, 5) is 22.9. The van der Waals surface area contributed by atoms with Gasteiger partial charge in [-0.25, -0.2) is 4.79 Å². The van der Waals surface area contributed by atoms with Gasteiger partial charge in [0.05, 0.1) is 8.45 Å². The van der Waals surface area contributed by atoms with E-state index in [-0.39, 0.29) is 11.8 Å². The number of hydrogen-bond donors (Lipinski definition) is 2. The SMILES string of the molecule is CCC(C)C(NC(=O)c1csc(I)c1)C(=O)O. The number of halogens is 1. The zero-order valence-electron chi connectivity index (χ0n) is 9.57. The van der Waals surface area contributed by atoms with E-state index in [4.69, 9.17) is 5.11 Å². The molecule has 1 aromatic heterocycles. The van der Waals surface area contributed by atoms with E-state index in [1.54, 1.807) is 11.4 Å². The Hall–Kier alpha value is -0.630. The van der Waals surface area contributed by atoms with Crippen LogP contribution in [0.4, 0.5) is 0 Å². The summed E-state index contributed by atoms with van der Waals surface area (Å²) in [6, 6.07) is 0.917. The first-order valence-corrected chi connectivity index (χ1v) is 7.19. The van der Waals surface area contributed by atoms with Crippen molar-refractivity contribution in [3.05, 3.63) is 19.9 Å². The lowest BCUT2D eigenvalue weighted by atomic mass is 9.99. The molecule has 0 aromatic carbocycles. The molecule has 2 unspecified atom stereocenters. The second-order valence-corrected chi connectivity index (χ2v) is 6.62. The van der Waals surface area contributed by atoms with E-state index in [1.165, 1.54) is 11.3 Å². The van der Waals surface area contributed by atoms with Crippen molar-refractivity contribution in [2.24, 2.45) is 5.92 Å². The third-order valence-corrected chi connectivity index (χ3v) is 4.38. The van der Waals surface area contributed by atoms with E-state index < -0.39 is 12.0 Å². The summed E-state index contributed by atoms with van der Waals surface area (Å²) in [5.41, 5.74) is 0.522. The van der Waals surface area contributed by atoms with Crippen molar-refractivity contribution in [1.29, 1.82) is 0 Å². The maximum absolute atomic E-state index is 11.8. The van der Waals surface area contributed by atoms with Crippen LogP contribution in [0.15, 0.2) is 11.4 Å². The average molecular weight is 367 g/mol. The molecular weight excluding hydrogens is 353 g/mol. The van der Waals surface area contributed by atoms with Crippen molar-refractivity contribution in [3.8, 4) is 0 Å². The molecule has 0 aliphatic carbocycles. The molecule has 0 aliphatic rings. The van der Waals surface area contributed by atoms with Gasteiger partial charge in [-0.3, -0.25) is 4.79 Å². The lowest BCUT2D eigenvalue weighted by Crippen LogP contribution is -2.44. The van der Waals surface area contributed by atoms with Crippen molar-refractivity contribution in [3.63, 3.8) is 0 Å². The standard InChI is InChI=1S/C11H14INO3S/c1-3-6(2)9(11(15)16)13-10(14)7-4-8(12)17-5-7/h4-6,9H,3H2,1-2H3,(H,13,14)(H,15,16). The molecule has 1 aromatic rings. The molecule has 0 saturated carbocycles. The maximum Gasteiger partial charge on any atom is 0.326 e. The van der Waals surface area contributed by atoms with Crippen molar-refractivity contribution >= 4 is 45.8 Å². The fourth-order valence-corrected chi connectivity index (χ4v) is 2.66. The van der Waals surface area contributed by atoms with Gasteiger partial charge in [0.25, 0.3) is 5.91 Å².